The summed E-state index contributed by atoms with van der Waals surface area (Å²) in [6, 6.07) is 5.41. The minimum atomic E-state index is -1.43. The van der Waals surface area contributed by atoms with Crippen LogP contribution in [0.1, 0.15) is 59.8 Å². The number of ether oxygens (including phenoxy) is 1. The summed E-state index contributed by atoms with van der Waals surface area (Å²) in [4.78, 5) is 92.7. The SMILES string of the molecule is CCN(CCCC[C@H](NC(=O)CNC(=O)[C@H](C)NC(=O)COc1ccccc1)C(=O)NC(CO)C(=O)NCCC(=O)N(CC(N)=O)CC1=CN(CCCN)NN1)C(C)C. The summed E-state index contributed by atoms with van der Waals surface area (Å²) in [7, 11) is 0. The Morgan fingerprint density at radius 1 is 0.898 bits per heavy atom. The predicted molar refractivity (Wildman–Crippen MR) is 218 cm³/mol. The normalized spacial score (nSPS) is 13.7. The second kappa shape index (κ2) is 27.2. The van der Waals surface area contributed by atoms with Crippen molar-refractivity contribution in [1.29, 1.82) is 0 Å². The van der Waals surface area contributed by atoms with Gasteiger partial charge in [0, 0.05) is 31.8 Å². The third-order valence-electron chi connectivity index (χ3n) is 9.07. The number of nitrogens with one attached hydrogen (secondary N) is 7. The molecular formula is C38H64N12O9. The number of unbranched alkanes of at least 4 members (excludes halogenated alkanes) is 1. The Bertz CT molecular complexity index is 1550. The zero-order valence-electron chi connectivity index (χ0n) is 34.6. The molecule has 0 aliphatic carbocycles. The van der Waals surface area contributed by atoms with Crippen LogP contribution in [0.5, 0.6) is 5.75 Å². The molecule has 3 atom stereocenters. The number of hydrogen-bond acceptors (Lipinski definition) is 14. The molecule has 7 amide bonds. The van der Waals surface area contributed by atoms with E-state index in [-0.39, 0.29) is 39.1 Å². The van der Waals surface area contributed by atoms with Crippen molar-refractivity contribution in [2.75, 3.05) is 65.6 Å². The first-order chi connectivity index (χ1) is 28.2. The van der Waals surface area contributed by atoms with E-state index in [9.17, 15) is 38.7 Å². The van der Waals surface area contributed by atoms with Gasteiger partial charge in [0.25, 0.3) is 5.91 Å². The van der Waals surface area contributed by atoms with Crippen molar-refractivity contribution < 1.29 is 43.4 Å². The quantitative estimate of drug-likeness (QED) is 0.0358. The molecule has 21 nitrogen and oxygen atoms in total. The lowest BCUT2D eigenvalue weighted by Crippen LogP contribution is -2.56. The minimum Gasteiger partial charge on any atom is -0.484 e. The van der Waals surface area contributed by atoms with Crippen LogP contribution >= 0.6 is 0 Å². The van der Waals surface area contributed by atoms with Crippen LogP contribution in [-0.2, 0) is 33.6 Å². The lowest BCUT2D eigenvalue weighted by molar-refractivity contribution is -0.135. The molecular weight excluding hydrogens is 768 g/mol. The third-order valence-corrected chi connectivity index (χ3v) is 9.07. The van der Waals surface area contributed by atoms with Crippen molar-refractivity contribution in [3.8, 4) is 5.75 Å². The first kappa shape index (κ1) is 49.6. The van der Waals surface area contributed by atoms with E-state index in [0.717, 1.165) is 19.5 Å². The van der Waals surface area contributed by atoms with E-state index in [1.54, 1.807) is 41.5 Å². The van der Waals surface area contributed by atoms with Crippen LogP contribution in [0.3, 0.4) is 0 Å². The molecule has 0 radical (unpaired) electrons. The van der Waals surface area contributed by atoms with Gasteiger partial charge in [-0.2, -0.15) is 0 Å². The number of carbonyl (C=O) groups is 7. The van der Waals surface area contributed by atoms with E-state index in [0.29, 0.717) is 43.4 Å². The van der Waals surface area contributed by atoms with Gasteiger partial charge in [-0.05, 0) is 78.2 Å². The minimum absolute atomic E-state index is 0.0299. The second-order valence-electron chi connectivity index (χ2n) is 14.2. The molecule has 0 saturated heterocycles. The molecule has 59 heavy (non-hydrogen) atoms. The number of benzene rings is 1. The summed E-state index contributed by atoms with van der Waals surface area (Å²) in [5, 5.41) is 24.3. The topological polar surface area (TPSA) is 295 Å². The fourth-order valence-electron chi connectivity index (χ4n) is 5.82. The molecule has 0 bridgehead atoms. The van der Waals surface area contributed by atoms with Crippen LogP contribution in [0.2, 0.25) is 0 Å². The summed E-state index contributed by atoms with van der Waals surface area (Å²) < 4.78 is 5.39. The van der Waals surface area contributed by atoms with Crippen LogP contribution in [0.15, 0.2) is 42.2 Å². The molecule has 1 aromatic carbocycles. The highest BCUT2D eigenvalue weighted by atomic mass is 16.5. The summed E-state index contributed by atoms with van der Waals surface area (Å²) in [5.41, 5.74) is 17.4. The standard InChI is InChI=1S/C38H64N12O9/c1-5-48(26(2)3)18-10-9-14-30(44-33(53)20-42-36(56)27(4)43-34(54)25-59-29-12-7-6-8-13-29)38(58)45-31(24-51)37(57)41-17-15-35(55)49(23-32(40)52)21-28-22-50(47-46-28)19-11-16-39/h6-8,12-13,22,26-27,30-31,46-47,51H,5,9-11,14-21,23-25,39H2,1-4H3,(H2,40,52)(H,41,57)(H,42,56)(H,43,54)(H,44,53)(H,45,58)/t27-,30-,31?/m0/s1. The molecule has 1 aliphatic heterocycles. The van der Waals surface area contributed by atoms with Crippen LogP contribution in [-0.4, -0.2) is 151 Å². The molecule has 0 aromatic heterocycles. The van der Waals surface area contributed by atoms with Gasteiger partial charge in [0.15, 0.2) is 6.61 Å². The number of primary amides is 1. The van der Waals surface area contributed by atoms with Gasteiger partial charge < -0.3 is 63.1 Å². The molecule has 0 spiro atoms. The number of hydrazine groups is 2. The van der Waals surface area contributed by atoms with Crippen LogP contribution in [0, 0.1) is 0 Å². The number of amides is 7. The van der Waals surface area contributed by atoms with Gasteiger partial charge in [0.05, 0.1) is 31.9 Å². The first-order valence-corrected chi connectivity index (χ1v) is 19.9. The lowest BCUT2D eigenvalue weighted by atomic mass is 10.1. The number of carbonyl (C=O) groups excluding carboxylic acids is 7. The number of nitrogens with zero attached hydrogens (tertiary/aromatic N) is 3. The van der Waals surface area contributed by atoms with E-state index in [4.69, 9.17) is 16.2 Å². The van der Waals surface area contributed by atoms with Crippen molar-refractivity contribution in [3.63, 3.8) is 0 Å². The molecule has 21 heteroatoms. The van der Waals surface area contributed by atoms with Crippen LogP contribution in [0.4, 0.5) is 0 Å². The molecule has 1 aromatic rings. The predicted octanol–water partition coefficient (Wildman–Crippen LogP) is -3.12. The lowest BCUT2D eigenvalue weighted by Gasteiger charge is -2.25. The smallest absolute Gasteiger partial charge is 0.258 e. The van der Waals surface area contributed by atoms with Crippen LogP contribution in [0.25, 0.3) is 0 Å². The Labute approximate surface area is 345 Å². The number of aliphatic hydroxyl groups excluding tert-OH is 1. The van der Waals surface area contributed by atoms with E-state index >= 15 is 0 Å². The molecule has 330 valence electrons. The Kier molecular flexibility index (Phi) is 22.9. The Morgan fingerprint density at radius 2 is 1.63 bits per heavy atom. The monoisotopic (exact) mass is 832 g/mol. The summed E-state index contributed by atoms with van der Waals surface area (Å²) in [5.74, 6) is -4.16. The molecule has 0 fully saturated rings. The van der Waals surface area contributed by atoms with E-state index < -0.39 is 72.6 Å². The average Bonchev–Trinajstić information content (AvgIpc) is 3.66. The van der Waals surface area contributed by atoms with E-state index in [1.807, 2.05) is 6.92 Å². The van der Waals surface area contributed by atoms with Crippen molar-refractivity contribution in [3.05, 3.63) is 42.2 Å². The van der Waals surface area contributed by atoms with Gasteiger partial charge in [-0.25, -0.2) is 0 Å². The summed E-state index contributed by atoms with van der Waals surface area (Å²) >= 11 is 0. The number of rotatable bonds is 29. The van der Waals surface area contributed by atoms with Gasteiger partial charge in [-0.15, -0.1) is 5.53 Å². The fraction of sp³-hybridized carbons (Fsp3) is 0.605. The molecule has 1 heterocycles. The van der Waals surface area contributed by atoms with Crippen molar-refractivity contribution in [2.45, 2.75) is 84.0 Å². The highest BCUT2D eigenvalue weighted by molar-refractivity contribution is 5.94. The first-order valence-electron chi connectivity index (χ1n) is 19.9. The van der Waals surface area contributed by atoms with Gasteiger partial charge in [0.1, 0.15) is 23.9 Å². The van der Waals surface area contributed by atoms with Crippen LogP contribution < -0.4 is 53.7 Å². The number of hydrogen-bond donors (Lipinski definition) is 10. The van der Waals surface area contributed by atoms with E-state index in [1.165, 1.54) is 11.8 Å². The highest BCUT2D eigenvalue weighted by Crippen LogP contribution is 2.09. The molecule has 12 N–H and O–H groups in total. The number of aliphatic hydroxyl groups is 1. The Balaban J connectivity index is 1.96. The Morgan fingerprint density at radius 3 is 2.27 bits per heavy atom. The third kappa shape index (κ3) is 19.7. The maximum atomic E-state index is 13.5. The summed E-state index contributed by atoms with van der Waals surface area (Å²) in [6.45, 7) is 8.19. The zero-order chi connectivity index (χ0) is 43.7. The maximum Gasteiger partial charge on any atom is 0.258 e. The van der Waals surface area contributed by atoms with Crippen molar-refractivity contribution in [1.82, 2.24) is 52.4 Å². The van der Waals surface area contributed by atoms with Crippen molar-refractivity contribution >= 4 is 41.4 Å². The van der Waals surface area contributed by atoms with Gasteiger partial charge in [-0.1, -0.05) is 25.1 Å². The Hall–Kier alpha value is -5.51. The largest absolute Gasteiger partial charge is 0.484 e. The van der Waals surface area contributed by atoms with E-state index in [2.05, 4.69) is 56.3 Å². The fourth-order valence-corrected chi connectivity index (χ4v) is 5.82. The zero-order valence-corrected chi connectivity index (χ0v) is 34.6. The molecule has 2 rings (SSSR count). The number of nitrogens with two attached hydrogens (primary N) is 2. The molecule has 1 unspecified atom stereocenters. The average molecular weight is 833 g/mol. The van der Waals surface area contributed by atoms with Gasteiger partial charge in [-0.3, -0.25) is 38.6 Å². The van der Waals surface area contributed by atoms with Crippen molar-refractivity contribution in [2.24, 2.45) is 11.5 Å². The van der Waals surface area contributed by atoms with Gasteiger partial charge >= 0.3 is 0 Å². The molecule has 0 saturated carbocycles. The maximum absolute atomic E-state index is 13.5. The molecule has 1 aliphatic rings. The number of para-hydroxylation sites is 1. The van der Waals surface area contributed by atoms with Gasteiger partial charge in [0.2, 0.25) is 35.4 Å². The second-order valence-corrected chi connectivity index (χ2v) is 14.2. The summed E-state index contributed by atoms with van der Waals surface area (Å²) in [6.07, 6.45) is 3.65. The highest BCUT2D eigenvalue weighted by Gasteiger charge is 2.28.